The molecule has 8 nitrogen and oxygen atoms in total. The van der Waals surface area contributed by atoms with Gasteiger partial charge in [-0.3, -0.25) is 19.8 Å². The van der Waals surface area contributed by atoms with Crippen molar-refractivity contribution in [2.45, 2.75) is 13.0 Å². The molecule has 1 fully saturated rings. The summed E-state index contributed by atoms with van der Waals surface area (Å²) in [4.78, 5) is 34.7. The van der Waals surface area contributed by atoms with Crippen LogP contribution in [0.4, 0.5) is 10.5 Å². The molecule has 1 saturated heterocycles. The van der Waals surface area contributed by atoms with E-state index in [4.69, 9.17) is 4.74 Å². The molecule has 1 aliphatic rings. The number of nitrogens with one attached hydrogen (secondary N) is 1. The molecule has 1 heterocycles. The number of benzene rings is 1. The summed E-state index contributed by atoms with van der Waals surface area (Å²) in [6.07, 6.45) is -0.986. The third-order valence-corrected chi connectivity index (χ3v) is 2.84. The summed E-state index contributed by atoms with van der Waals surface area (Å²) in [6.45, 7) is 2.11. The van der Waals surface area contributed by atoms with Crippen LogP contribution < -0.4 is 10.1 Å². The van der Waals surface area contributed by atoms with E-state index in [9.17, 15) is 19.7 Å². The summed E-state index contributed by atoms with van der Waals surface area (Å²) in [7, 11) is 0. The predicted molar refractivity (Wildman–Crippen MR) is 68.3 cm³/mol. The first-order valence-electron chi connectivity index (χ1n) is 6.00. The fraction of sp³-hybridized carbons (Fsp3) is 0.333. The van der Waals surface area contributed by atoms with E-state index >= 15 is 0 Å². The van der Waals surface area contributed by atoms with Crippen molar-refractivity contribution in [1.82, 2.24) is 10.2 Å². The number of hydrogen-bond donors (Lipinski definition) is 1. The molecule has 8 heteroatoms. The minimum absolute atomic E-state index is 0.00189. The summed E-state index contributed by atoms with van der Waals surface area (Å²) in [5.41, 5.74) is -0.224. The minimum atomic E-state index is -0.986. The second-order valence-corrected chi connectivity index (χ2v) is 4.21. The first-order chi connectivity index (χ1) is 9.50. The highest BCUT2D eigenvalue weighted by atomic mass is 16.6. The molecule has 1 aromatic rings. The van der Waals surface area contributed by atoms with Crippen LogP contribution in [0, 0.1) is 10.1 Å². The fourth-order valence-corrected chi connectivity index (χ4v) is 1.85. The van der Waals surface area contributed by atoms with E-state index < -0.39 is 23.0 Å². The summed E-state index contributed by atoms with van der Waals surface area (Å²) in [5.74, 6) is -0.531. The highest BCUT2D eigenvalue weighted by molar-refractivity contribution is 5.97. The molecule has 0 unspecified atom stereocenters. The van der Waals surface area contributed by atoms with Crippen LogP contribution >= 0.6 is 0 Å². The number of amides is 3. The number of nitro benzene ring substituents is 1. The highest BCUT2D eigenvalue weighted by Crippen LogP contribution is 2.27. The Hall–Kier alpha value is -2.64. The van der Waals surface area contributed by atoms with Crippen molar-refractivity contribution < 1.29 is 19.2 Å². The molecule has 0 radical (unpaired) electrons. The number of carbonyl (C=O) groups is 2. The molecule has 106 valence electrons. The zero-order chi connectivity index (χ0) is 14.7. The number of nitrogens with zero attached hydrogens (tertiary/aromatic N) is 2. The van der Waals surface area contributed by atoms with Gasteiger partial charge in [0.15, 0.2) is 11.9 Å². The first-order valence-corrected chi connectivity index (χ1v) is 6.00. The van der Waals surface area contributed by atoms with Crippen molar-refractivity contribution in [3.63, 3.8) is 0 Å². The molecule has 1 aromatic carbocycles. The van der Waals surface area contributed by atoms with Crippen molar-refractivity contribution in [2.75, 3.05) is 13.1 Å². The van der Waals surface area contributed by atoms with Gasteiger partial charge in [0, 0.05) is 19.2 Å². The van der Waals surface area contributed by atoms with Gasteiger partial charge in [-0.15, -0.1) is 0 Å². The van der Waals surface area contributed by atoms with Crippen LogP contribution in [0.2, 0.25) is 0 Å². The van der Waals surface area contributed by atoms with E-state index in [-0.39, 0.29) is 18.0 Å². The lowest BCUT2D eigenvalue weighted by atomic mass is 10.3. The maximum absolute atomic E-state index is 12.0. The lowest BCUT2D eigenvalue weighted by Crippen LogP contribution is -2.42. The number of hydrogen-bond acceptors (Lipinski definition) is 5. The monoisotopic (exact) mass is 279 g/mol. The van der Waals surface area contributed by atoms with Crippen molar-refractivity contribution in [1.29, 1.82) is 0 Å². The third kappa shape index (κ3) is 2.68. The molecule has 0 spiro atoms. The van der Waals surface area contributed by atoms with Crippen LogP contribution in [0.5, 0.6) is 5.75 Å². The van der Waals surface area contributed by atoms with Gasteiger partial charge in [0.1, 0.15) is 0 Å². The molecule has 0 aromatic heterocycles. The molecular formula is C12H13N3O5. The average molecular weight is 279 g/mol. The molecule has 1 atom stereocenters. The number of imide groups is 1. The van der Waals surface area contributed by atoms with Gasteiger partial charge in [0.25, 0.3) is 5.91 Å². The van der Waals surface area contributed by atoms with Crippen LogP contribution in [0.15, 0.2) is 24.3 Å². The smallest absolute Gasteiger partial charge is 0.324 e. The molecule has 0 aliphatic carbocycles. The number of nitro groups is 1. The summed E-state index contributed by atoms with van der Waals surface area (Å²) >= 11 is 0. The zero-order valence-electron chi connectivity index (χ0n) is 10.7. The van der Waals surface area contributed by atoms with Crippen molar-refractivity contribution in [3.05, 3.63) is 34.4 Å². The second kappa shape index (κ2) is 5.55. The standard InChI is InChI=1S/C12H13N3O5/c1-8(11(16)14-7-6-13-12(14)17)20-10-5-3-2-4-9(10)15(18)19/h2-5,8H,6-7H2,1H3,(H,13,17)/t8-/m1/s1. The molecule has 20 heavy (non-hydrogen) atoms. The molecular weight excluding hydrogens is 266 g/mol. The van der Waals surface area contributed by atoms with Crippen LogP contribution in [0.1, 0.15) is 6.92 Å². The first kappa shape index (κ1) is 13.8. The quantitative estimate of drug-likeness (QED) is 0.652. The normalized spacial score (nSPS) is 15.7. The van der Waals surface area contributed by atoms with E-state index in [1.165, 1.54) is 25.1 Å². The van der Waals surface area contributed by atoms with Gasteiger partial charge in [0.2, 0.25) is 0 Å². The third-order valence-electron chi connectivity index (χ3n) is 2.84. The maximum Gasteiger partial charge on any atom is 0.324 e. The van der Waals surface area contributed by atoms with E-state index in [0.717, 1.165) is 4.90 Å². The van der Waals surface area contributed by atoms with E-state index in [2.05, 4.69) is 5.32 Å². The largest absolute Gasteiger partial charge is 0.474 e. The lowest BCUT2D eigenvalue weighted by Gasteiger charge is -2.18. The van der Waals surface area contributed by atoms with Gasteiger partial charge in [-0.25, -0.2) is 4.79 Å². The Balaban J connectivity index is 2.12. The van der Waals surface area contributed by atoms with Crippen molar-refractivity contribution >= 4 is 17.6 Å². The van der Waals surface area contributed by atoms with Gasteiger partial charge in [-0.05, 0) is 13.0 Å². The van der Waals surface area contributed by atoms with Gasteiger partial charge in [-0.1, -0.05) is 12.1 Å². The Bertz CT molecular complexity index is 560. The number of para-hydroxylation sites is 2. The lowest BCUT2D eigenvalue weighted by molar-refractivity contribution is -0.386. The van der Waals surface area contributed by atoms with Crippen LogP contribution in [0.25, 0.3) is 0 Å². The Labute approximate surface area is 114 Å². The van der Waals surface area contributed by atoms with Crippen LogP contribution in [-0.2, 0) is 4.79 Å². The highest BCUT2D eigenvalue weighted by Gasteiger charge is 2.31. The molecule has 2 rings (SSSR count). The van der Waals surface area contributed by atoms with Crippen LogP contribution in [0.3, 0.4) is 0 Å². The maximum atomic E-state index is 12.0. The second-order valence-electron chi connectivity index (χ2n) is 4.21. The summed E-state index contributed by atoms with van der Waals surface area (Å²) in [5, 5.41) is 13.3. The van der Waals surface area contributed by atoms with Crippen LogP contribution in [-0.4, -0.2) is 41.0 Å². The number of carbonyl (C=O) groups excluding carboxylic acids is 2. The fourth-order valence-electron chi connectivity index (χ4n) is 1.85. The Morgan fingerprint density at radius 2 is 2.20 bits per heavy atom. The van der Waals surface area contributed by atoms with Crippen molar-refractivity contribution in [2.24, 2.45) is 0 Å². The van der Waals surface area contributed by atoms with Gasteiger partial charge < -0.3 is 10.1 Å². The predicted octanol–water partition coefficient (Wildman–Crippen LogP) is 0.914. The topological polar surface area (TPSA) is 102 Å². The number of rotatable bonds is 4. The van der Waals surface area contributed by atoms with Gasteiger partial charge in [0.05, 0.1) is 4.92 Å². The summed E-state index contributed by atoms with van der Waals surface area (Å²) in [6, 6.07) is 5.29. The Morgan fingerprint density at radius 1 is 1.50 bits per heavy atom. The van der Waals surface area contributed by atoms with Gasteiger partial charge in [-0.2, -0.15) is 0 Å². The average Bonchev–Trinajstić information content (AvgIpc) is 2.84. The van der Waals surface area contributed by atoms with Gasteiger partial charge >= 0.3 is 11.7 Å². The van der Waals surface area contributed by atoms with E-state index in [0.29, 0.717) is 6.54 Å². The molecule has 1 N–H and O–H groups in total. The minimum Gasteiger partial charge on any atom is -0.474 e. The molecule has 3 amide bonds. The Kier molecular flexibility index (Phi) is 3.83. The van der Waals surface area contributed by atoms with E-state index in [1.54, 1.807) is 6.07 Å². The number of urea groups is 1. The molecule has 0 saturated carbocycles. The molecule has 0 bridgehead atoms. The summed E-state index contributed by atoms with van der Waals surface area (Å²) < 4.78 is 5.32. The number of ether oxygens (including phenoxy) is 1. The zero-order valence-corrected chi connectivity index (χ0v) is 10.7. The Morgan fingerprint density at radius 3 is 2.80 bits per heavy atom. The van der Waals surface area contributed by atoms with Crippen molar-refractivity contribution in [3.8, 4) is 5.75 Å². The SMILES string of the molecule is C[C@@H](Oc1ccccc1[N+](=O)[O-])C(=O)N1CCNC1=O. The van der Waals surface area contributed by atoms with E-state index in [1.807, 2.05) is 0 Å². The molecule has 1 aliphatic heterocycles.